The van der Waals surface area contributed by atoms with Gasteiger partial charge >= 0.3 is 0 Å². The second-order valence-corrected chi connectivity index (χ2v) is 7.38. The van der Waals surface area contributed by atoms with Gasteiger partial charge in [-0.2, -0.15) is 5.10 Å². The Bertz CT molecular complexity index is 1150. The van der Waals surface area contributed by atoms with E-state index in [1.54, 1.807) is 11.0 Å². The number of fused-ring (bicyclic) bond motifs is 1. The summed E-state index contributed by atoms with van der Waals surface area (Å²) in [6, 6.07) is 14.9. The highest BCUT2D eigenvalue weighted by Gasteiger charge is 2.24. The minimum Gasteiger partial charge on any atom is -0.490 e. The highest BCUT2D eigenvalue weighted by Crippen LogP contribution is 2.32. The van der Waals surface area contributed by atoms with Crippen molar-refractivity contribution in [3.05, 3.63) is 75.6 Å². The fraction of sp³-hybridized carbons (Fsp3) is 0.261. The molecule has 29 heavy (non-hydrogen) atoms. The fourth-order valence-electron chi connectivity index (χ4n) is 3.42. The molecule has 2 aromatic carbocycles. The van der Waals surface area contributed by atoms with Gasteiger partial charge in [-0.1, -0.05) is 18.2 Å². The molecule has 6 heteroatoms. The van der Waals surface area contributed by atoms with E-state index in [1.165, 1.54) is 16.3 Å². The third-order valence-corrected chi connectivity index (χ3v) is 5.23. The van der Waals surface area contributed by atoms with E-state index in [0.717, 1.165) is 22.4 Å². The molecule has 0 fully saturated rings. The first-order chi connectivity index (χ1) is 13.9. The van der Waals surface area contributed by atoms with E-state index in [1.807, 2.05) is 57.2 Å². The predicted octanol–water partition coefficient (Wildman–Crippen LogP) is 3.26. The Morgan fingerprint density at radius 1 is 1.03 bits per heavy atom. The molecule has 0 atom stereocenters. The molecular weight excluding hydrogens is 366 g/mol. The van der Waals surface area contributed by atoms with Crippen LogP contribution in [0.1, 0.15) is 16.7 Å². The van der Waals surface area contributed by atoms with Crippen LogP contribution in [-0.4, -0.2) is 28.8 Å². The minimum atomic E-state index is -0.302. The van der Waals surface area contributed by atoms with E-state index in [-0.39, 0.29) is 18.0 Å². The van der Waals surface area contributed by atoms with Gasteiger partial charge in [0.15, 0.2) is 0 Å². The molecule has 0 radical (unpaired) electrons. The summed E-state index contributed by atoms with van der Waals surface area (Å²) in [5.41, 5.74) is 5.40. The van der Waals surface area contributed by atoms with Gasteiger partial charge in [-0.3, -0.25) is 9.59 Å². The summed E-state index contributed by atoms with van der Waals surface area (Å²) in [6.45, 7) is 6.81. The van der Waals surface area contributed by atoms with Crippen LogP contribution < -0.4 is 15.2 Å². The quantitative estimate of drug-likeness (QED) is 0.690. The highest BCUT2D eigenvalue weighted by molar-refractivity contribution is 5.95. The van der Waals surface area contributed by atoms with E-state index in [9.17, 15) is 9.59 Å². The number of benzene rings is 2. The Balaban J connectivity index is 1.63. The normalized spacial score (nSPS) is 13.0. The standard InChI is InChI=1S/C23H23N3O3/c1-15-4-8-21-20(12-15)25(10-11-29-21)23(28)14-26-22(27)9-7-19(24-26)18-6-5-16(2)17(3)13-18/h4-9,12-13H,10-11,14H2,1-3H3. The molecule has 0 saturated carbocycles. The molecule has 1 aromatic heterocycles. The summed E-state index contributed by atoms with van der Waals surface area (Å²) in [4.78, 5) is 27.0. The van der Waals surface area contributed by atoms with Crippen molar-refractivity contribution in [1.29, 1.82) is 0 Å². The molecule has 0 saturated heterocycles. The van der Waals surface area contributed by atoms with Crippen molar-refractivity contribution < 1.29 is 9.53 Å². The second kappa shape index (κ2) is 7.54. The van der Waals surface area contributed by atoms with E-state index in [2.05, 4.69) is 5.10 Å². The summed E-state index contributed by atoms with van der Waals surface area (Å²) < 4.78 is 6.89. The monoisotopic (exact) mass is 389 g/mol. The lowest BCUT2D eigenvalue weighted by Gasteiger charge is -2.30. The Labute approximate surface area is 169 Å². The van der Waals surface area contributed by atoms with Gasteiger partial charge in [0.25, 0.3) is 5.56 Å². The topological polar surface area (TPSA) is 64.4 Å². The maximum atomic E-state index is 13.0. The number of carbonyl (C=O) groups is 1. The summed E-state index contributed by atoms with van der Waals surface area (Å²) in [7, 11) is 0. The highest BCUT2D eigenvalue weighted by atomic mass is 16.5. The van der Waals surface area contributed by atoms with Crippen LogP contribution in [0, 0.1) is 20.8 Å². The number of anilines is 1. The van der Waals surface area contributed by atoms with Crippen molar-refractivity contribution in [2.75, 3.05) is 18.1 Å². The van der Waals surface area contributed by atoms with Crippen molar-refractivity contribution in [3.8, 4) is 17.0 Å². The van der Waals surface area contributed by atoms with Crippen LogP contribution in [0.4, 0.5) is 5.69 Å². The summed E-state index contributed by atoms with van der Waals surface area (Å²) in [5, 5.41) is 4.45. The molecule has 0 aliphatic carbocycles. The zero-order valence-electron chi connectivity index (χ0n) is 16.8. The molecule has 0 N–H and O–H groups in total. The smallest absolute Gasteiger partial charge is 0.267 e. The Hall–Kier alpha value is -3.41. The summed E-state index contributed by atoms with van der Waals surface area (Å²) >= 11 is 0. The number of carbonyl (C=O) groups excluding carboxylic acids is 1. The maximum absolute atomic E-state index is 13.0. The van der Waals surface area contributed by atoms with Crippen LogP contribution in [0.2, 0.25) is 0 Å². The van der Waals surface area contributed by atoms with E-state index >= 15 is 0 Å². The van der Waals surface area contributed by atoms with Gasteiger partial charge in [-0.25, -0.2) is 4.68 Å². The molecule has 0 unspecified atom stereocenters. The number of aromatic nitrogens is 2. The van der Waals surface area contributed by atoms with E-state index < -0.39 is 0 Å². The first-order valence-electron chi connectivity index (χ1n) is 9.62. The van der Waals surface area contributed by atoms with Crippen molar-refractivity contribution in [2.45, 2.75) is 27.3 Å². The van der Waals surface area contributed by atoms with Crippen LogP contribution in [0.3, 0.4) is 0 Å². The van der Waals surface area contributed by atoms with Crippen LogP contribution in [-0.2, 0) is 11.3 Å². The lowest BCUT2D eigenvalue weighted by Crippen LogP contribution is -2.41. The van der Waals surface area contributed by atoms with Gasteiger partial charge < -0.3 is 9.64 Å². The van der Waals surface area contributed by atoms with Gasteiger partial charge in [-0.15, -0.1) is 0 Å². The predicted molar refractivity (Wildman–Crippen MR) is 112 cm³/mol. The van der Waals surface area contributed by atoms with Gasteiger partial charge in [0.2, 0.25) is 5.91 Å². The number of nitrogens with zero attached hydrogens (tertiary/aromatic N) is 3. The molecule has 148 valence electrons. The molecule has 0 bridgehead atoms. The van der Waals surface area contributed by atoms with E-state index in [0.29, 0.717) is 24.6 Å². The van der Waals surface area contributed by atoms with Crippen LogP contribution in [0.25, 0.3) is 11.3 Å². The average molecular weight is 389 g/mol. The molecule has 0 spiro atoms. The fourth-order valence-corrected chi connectivity index (χ4v) is 3.42. The van der Waals surface area contributed by atoms with Gasteiger partial charge in [-0.05, 0) is 61.7 Å². The molecule has 6 nitrogen and oxygen atoms in total. The number of aryl methyl sites for hydroxylation is 3. The Morgan fingerprint density at radius 2 is 1.86 bits per heavy atom. The largest absolute Gasteiger partial charge is 0.490 e. The van der Waals surface area contributed by atoms with Crippen molar-refractivity contribution in [2.24, 2.45) is 0 Å². The van der Waals surface area contributed by atoms with Crippen molar-refractivity contribution >= 4 is 11.6 Å². The van der Waals surface area contributed by atoms with Crippen LogP contribution in [0.15, 0.2) is 53.3 Å². The first-order valence-corrected chi connectivity index (χ1v) is 9.62. The summed E-state index contributed by atoms with van der Waals surface area (Å²) in [6.07, 6.45) is 0. The van der Waals surface area contributed by atoms with Gasteiger partial charge in [0, 0.05) is 11.6 Å². The zero-order valence-corrected chi connectivity index (χ0v) is 16.8. The number of amides is 1. The van der Waals surface area contributed by atoms with Gasteiger partial charge in [0.1, 0.15) is 18.9 Å². The number of hydrogen-bond donors (Lipinski definition) is 0. The van der Waals surface area contributed by atoms with Crippen molar-refractivity contribution in [1.82, 2.24) is 9.78 Å². The summed E-state index contributed by atoms with van der Waals surface area (Å²) in [5.74, 6) is 0.492. The lowest BCUT2D eigenvalue weighted by atomic mass is 10.0. The number of rotatable bonds is 3. The first kappa shape index (κ1) is 18.9. The average Bonchev–Trinajstić information content (AvgIpc) is 2.71. The lowest BCUT2D eigenvalue weighted by molar-refractivity contribution is -0.119. The molecule has 2 heterocycles. The molecule has 1 amide bonds. The Kier molecular flexibility index (Phi) is 4.92. The Morgan fingerprint density at radius 3 is 2.66 bits per heavy atom. The third-order valence-electron chi connectivity index (χ3n) is 5.23. The van der Waals surface area contributed by atoms with E-state index in [4.69, 9.17) is 4.74 Å². The van der Waals surface area contributed by atoms with Crippen LogP contribution >= 0.6 is 0 Å². The molecule has 1 aliphatic heterocycles. The third kappa shape index (κ3) is 3.78. The maximum Gasteiger partial charge on any atom is 0.267 e. The zero-order chi connectivity index (χ0) is 20.5. The van der Waals surface area contributed by atoms with Crippen LogP contribution in [0.5, 0.6) is 5.75 Å². The number of ether oxygens (including phenoxy) is 1. The van der Waals surface area contributed by atoms with Gasteiger partial charge in [0.05, 0.1) is 17.9 Å². The van der Waals surface area contributed by atoms with Crippen molar-refractivity contribution in [3.63, 3.8) is 0 Å². The molecule has 1 aliphatic rings. The molecule has 3 aromatic rings. The number of hydrogen-bond acceptors (Lipinski definition) is 4. The SMILES string of the molecule is Cc1ccc2c(c1)N(C(=O)Cn1nc(-c3ccc(C)c(C)c3)ccc1=O)CCO2. The minimum absolute atomic E-state index is 0.120. The second-order valence-electron chi connectivity index (χ2n) is 7.38. The molecule has 4 rings (SSSR count). The molecular formula is C23H23N3O3.